The molecule has 1 aliphatic rings. The fourth-order valence-corrected chi connectivity index (χ4v) is 2.32. The Morgan fingerprint density at radius 3 is 2.00 bits per heavy atom. The van der Waals surface area contributed by atoms with Crippen molar-refractivity contribution in [2.45, 2.75) is 85.0 Å². The molecule has 128 valence electrons. The van der Waals surface area contributed by atoms with Gasteiger partial charge in [-0.2, -0.15) is 0 Å². The van der Waals surface area contributed by atoms with Crippen LogP contribution in [0.15, 0.2) is 12.1 Å². The van der Waals surface area contributed by atoms with Gasteiger partial charge in [0.1, 0.15) is 5.60 Å². The molecule has 4 nitrogen and oxygen atoms in total. The van der Waals surface area contributed by atoms with Crippen LogP contribution in [0.25, 0.3) is 0 Å². The topological polar surface area (TPSA) is 40.6 Å². The second-order valence-electron chi connectivity index (χ2n) is 8.62. The summed E-state index contributed by atoms with van der Waals surface area (Å²) in [6.45, 7) is 18.5. The molecule has 23 heavy (non-hydrogen) atoms. The Labute approximate surface area is 141 Å². The Hall–Kier alpha value is -1.07. The third kappa shape index (κ3) is 4.07. The smallest absolute Gasteiger partial charge is 0.472 e. The number of nitrogens with zero attached hydrogens (tertiary/aromatic N) is 1. The van der Waals surface area contributed by atoms with E-state index in [1.807, 2.05) is 26.8 Å². The first-order chi connectivity index (χ1) is 10.3. The largest absolute Gasteiger partial charge is 0.495 e. The molecule has 0 aromatic carbocycles. The second kappa shape index (κ2) is 5.78. The van der Waals surface area contributed by atoms with Crippen LogP contribution in [0.4, 0.5) is 0 Å². The highest BCUT2D eigenvalue weighted by Crippen LogP contribution is 2.36. The minimum Gasteiger partial charge on any atom is -0.472 e. The van der Waals surface area contributed by atoms with Crippen molar-refractivity contribution in [1.82, 2.24) is 4.98 Å². The van der Waals surface area contributed by atoms with Gasteiger partial charge in [-0.25, -0.2) is 4.98 Å². The highest BCUT2D eigenvalue weighted by Gasteiger charge is 2.51. The molecule has 0 radical (unpaired) electrons. The predicted octanol–water partition coefficient (Wildman–Crippen LogP) is 3.68. The molecule has 1 aromatic heterocycles. The average molecular weight is 319 g/mol. The molecule has 0 atom stereocenters. The van der Waals surface area contributed by atoms with Gasteiger partial charge in [0.2, 0.25) is 5.88 Å². The normalized spacial score (nSPS) is 20.2. The van der Waals surface area contributed by atoms with Gasteiger partial charge in [-0.15, -0.1) is 0 Å². The fraction of sp³-hybridized carbons (Fsp3) is 0.722. The first-order valence-electron chi connectivity index (χ1n) is 8.37. The Kier molecular flexibility index (Phi) is 4.59. The van der Waals surface area contributed by atoms with Crippen LogP contribution < -0.4 is 10.2 Å². The first kappa shape index (κ1) is 18.3. The number of hydrogen-bond acceptors (Lipinski definition) is 4. The molecule has 1 aliphatic heterocycles. The summed E-state index contributed by atoms with van der Waals surface area (Å²) in [5, 5.41) is 0. The summed E-state index contributed by atoms with van der Waals surface area (Å²) in [4.78, 5) is 4.63. The van der Waals surface area contributed by atoms with E-state index in [0.717, 1.165) is 11.2 Å². The van der Waals surface area contributed by atoms with E-state index in [-0.39, 0.29) is 16.8 Å². The van der Waals surface area contributed by atoms with E-state index < -0.39 is 7.12 Å². The minimum atomic E-state index is -0.400. The van der Waals surface area contributed by atoms with E-state index in [0.29, 0.717) is 11.8 Å². The maximum atomic E-state index is 6.16. The molecule has 2 rings (SSSR count). The zero-order valence-electron chi connectivity index (χ0n) is 16.0. The molecule has 1 fully saturated rings. The van der Waals surface area contributed by atoms with Crippen molar-refractivity contribution in [3.8, 4) is 5.88 Å². The summed E-state index contributed by atoms with van der Waals surface area (Å²) in [7, 11) is -0.400. The minimum absolute atomic E-state index is 0.296. The number of ether oxygens (including phenoxy) is 1. The Balaban J connectivity index is 2.39. The molecule has 0 bridgehead atoms. The maximum absolute atomic E-state index is 6.16. The van der Waals surface area contributed by atoms with Crippen LogP contribution in [0.3, 0.4) is 0 Å². The van der Waals surface area contributed by atoms with E-state index in [4.69, 9.17) is 14.0 Å². The first-order valence-corrected chi connectivity index (χ1v) is 8.37. The third-order valence-electron chi connectivity index (χ3n) is 4.37. The van der Waals surface area contributed by atoms with E-state index in [1.54, 1.807) is 0 Å². The van der Waals surface area contributed by atoms with Crippen molar-refractivity contribution in [2.24, 2.45) is 0 Å². The molecule has 0 spiro atoms. The lowest BCUT2D eigenvalue weighted by molar-refractivity contribution is 0.00578. The molecule has 1 aromatic rings. The predicted molar refractivity (Wildman–Crippen MR) is 94.4 cm³/mol. The molecule has 1 saturated heterocycles. The quantitative estimate of drug-likeness (QED) is 0.797. The molecule has 0 saturated carbocycles. The third-order valence-corrected chi connectivity index (χ3v) is 4.37. The summed E-state index contributed by atoms with van der Waals surface area (Å²) in [5.41, 5.74) is 0.932. The van der Waals surface area contributed by atoms with E-state index in [1.165, 1.54) is 0 Å². The van der Waals surface area contributed by atoms with E-state index in [2.05, 4.69) is 52.6 Å². The lowest BCUT2D eigenvalue weighted by atomic mass is 9.78. The van der Waals surface area contributed by atoms with Gasteiger partial charge in [0.15, 0.2) is 0 Å². The van der Waals surface area contributed by atoms with Crippen LogP contribution in [-0.4, -0.2) is 28.9 Å². The lowest BCUT2D eigenvalue weighted by Gasteiger charge is -2.32. The van der Waals surface area contributed by atoms with Gasteiger partial charge in [-0.05, 0) is 65.9 Å². The standard InChI is InChI=1S/C18H30BNO3/c1-12(2)14-10-13(11-15(20-14)21-16(3,4)5)19-22-17(6,7)18(8,9)23-19/h10-12H,1-9H3. The van der Waals surface area contributed by atoms with Crippen LogP contribution in [0, 0.1) is 0 Å². The molecular weight excluding hydrogens is 289 g/mol. The molecule has 0 aliphatic carbocycles. The zero-order chi connectivity index (χ0) is 17.6. The maximum Gasteiger partial charge on any atom is 0.495 e. The van der Waals surface area contributed by atoms with Crippen LogP contribution in [0.2, 0.25) is 0 Å². The molecule has 0 unspecified atom stereocenters. The summed E-state index contributed by atoms with van der Waals surface area (Å²) in [6.07, 6.45) is 0. The molecule has 2 heterocycles. The van der Waals surface area contributed by atoms with Crippen molar-refractivity contribution >= 4 is 12.6 Å². The molecule has 5 heteroatoms. The van der Waals surface area contributed by atoms with Gasteiger partial charge in [0.25, 0.3) is 0 Å². The SMILES string of the molecule is CC(C)c1cc(B2OC(C)(C)C(C)(C)O2)cc(OC(C)(C)C)n1. The van der Waals surface area contributed by atoms with Crippen molar-refractivity contribution in [1.29, 1.82) is 0 Å². The average Bonchev–Trinajstić information content (AvgIpc) is 2.56. The van der Waals surface area contributed by atoms with Crippen molar-refractivity contribution in [3.63, 3.8) is 0 Å². The van der Waals surface area contributed by atoms with Crippen molar-refractivity contribution in [3.05, 3.63) is 17.8 Å². The molecule has 0 amide bonds. The highest BCUT2D eigenvalue weighted by atomic mass is 16.7. The van der Waals surface area contributed by atoms with Crippen molar-refractivity contribution in [2.75, 3.05) is 0 Å². The Morgan fingerprint density at radius 1 is 1.04 bits per heavy atom. The lowest BCUT2D eigenvalue weighted by Crippen LogP contribution is -2.41. The number of hydrogen-bond donors (Lipinski definition) is 0. The summed E-state index contributed by atoms with van der Waals surface area (Å²) < 4.78 is 18.3. The number of rotatable bonds is 3. The fourth-order valence-electron chi connectivity index (χ4n) is 2.32. The van der Waals surface area contributed by atoms with Gasteiger partial charge in [-0.3, -0.25) is 0 Å². The number of aromatic nitrogens is 1. The van der Waals surface area contributed by atoms with Crippen LogP contribution in [0.1, 0.15) is 73.9 Å². The second-order valence-corrected chi connectivity index (χ2v) is 8.62. The zero-order valence-corrected chi connectivity index (χ0v) is 16.0. The monoisotopic (exact) mass is 319 g/mol. The number of pyridine rings is 1. The van der Waals surface area contributed by atoms with Crippen LogP contribution in [-0.2, 0) is 9.31 Å². The van der Waals surface area contributed by atoms with Crippen LogP contribution >= 0.6 is 0 Å². The molecular formula is C18H30BNO3. The summed E-state index contributed by atoms with van der Waals surface area (Å²) in [5.74, 6) is 0.924. The van der Waals surface area contributed by atoms with Gasteiger partial charge in [0.05, 0.1) is 11.2 Å². The Morgan fingerprint density at radius 2 is 1.57 bits per heavy atom. The highest BCUT2D eigenvalue weighted by molar-refractivity contribution is 6.62. The van der Waals surface area contributed by atoms with Crippen molar-refractivity contribution < 1.29 is 14.0 Å². The van der Waals surface area contributed by atoms with Gasteiger partial charge in [0, 0.05) is 11.8 Å². The van der Waals surface area contributed by atoms with Gasteiger partial charge >= 0.3 is 7.12 Å². The molecule has 0 N–H and O–H groups in total. The summed E-state index contributed by atoms with van der Waals surface area (Å²) in [6, 6.07) is 3.99. The van der Waals surface area contributed by atoms with Gasteiger partial charge < -0.3 is 14.0 Å². The summed E-state index contributed by atoms with van der Waals surface area (Å²) >= 11 is 0. The van der Waals surface area contributed by atoms with E-state index >= 15 is 0 Å². The van der Waals surface area contributed by atoms with E-state index in [9.17, 15) is 0 Å². The Bertz CT molecular complexity index is 560. The van der Waals surface area contributed by atoms with Gasteiger partial charge in [-0.1, -0.05) is 13.8 Å². The van der Waals surface area contributed by atoms with Crippen LogP contribution in [0.5, 0.6) is 5.88 Å².